The largest absolute Gasteiger partial charge is 0.462 e. The molecule has 0 unspecified atom stereocenters. The summed E-state index contributed by atoms with van der Waals surface area (Å²) < 4.78 is 9.88. The first-order chi connectivity index (χ1) is 9.63. The third-order valence-corrected chi connectivity index (χ3v) is 2.61. The Kier molecular flexibility index (Phi) is 4.14. The van der Waals surface area contributed by atoms with Gasteiger partial charge in [-0.15, -0.1) is 0 Å². The van der Waals surface area contributed by atoms with Crippen LogP contribution in [0.1, 0.15) is 33.3 Å². The summed E-state index contributed by atoms with van der Waals surface area (Å²) in [6, 6.07) is 8.60. The second kappa shape index (κ2) is 6.01. The van der Waals surface area contributed by atoms with Crippen molar-refractivity contribution in [2.24, 2.45) is 0 Å². The van der Waals surface area contributed by atoms with E-state index in [0.29, 0.717) is 11.3 Å². The lowest BCUT2D eigenvalue weighted by Crippen LogP contribution is -2.15. The van der Waals surface area contributed by atoms with E-state index in [1.54, 1.807) is 44.2 Å². The molecule has 6 heteroatoms. The molecule has 0 aliphatic rings. The lowest BCUT2D eigenvalue weighted by atomic mass is 10.2. The van der Waals surface area contributed by atoms with Crippen molar-refractivity contribution in [3.63, 3.8) is 0 Å². The van der Waals surface area contributed by atoms with Crippen LogP contribution in [-0.2, 0) is 4.74 Å². The van der Waals surface area contributed by atoms with E-state index in [4.69, 9.17) is 9.26 Å². The Labute approximate surface area is 115 Å². The van der Waals surface area contributed by atoms with Crippen molar-refractivity contribution in [2.45, 2.75) is 13.8 Å². The van der Waals surface area contributed by atoms with Crippen molar-refractivity contribution in [1.29, 1.82) is 0 Å². The molecule has 6 nitrogen and oxygen atoms in total. The molecule has 1 aromatic carbocycles. The van der Waals surface area contributed by atoms with Crippen LogP contribution < -0.4 is 5.32 Å². The maximum atomic E-state index is 12.0. The van der Waals surface area contributed by atoms with Gasteiger partial charge in [-0.25, -0.2) is 4.79 Å². The lowest BCUT2D eigenvalue weighted by molar-refractivity contribution is 0.0526. The molecule has 0 radical (unpaired) electrons. The second-order valence-electron chi connectivity index (χ2n) is 4.01. The van der Waals surface area contributed by atoms with Gasteiger partial charge in [0.05, 0.1) is 12.3 Å². The zero-order valence-corrected chi connectivity index (χ0v) is 11.2. The maximum Gasteiger partial charge on any atom is 0.345 e. The lowest BCUT2D eigenvalue weighted by Gasteiger charge is -2.04. The van der Waals surface area contributed by atoms with E-state index in [1.807, 2.05) is 0 Å². The molecule has 104 valence electrons. The summed E-state index contributed by atoms with van der Waals surface area (Å²) in [7, 11) is 0. The fraction of sp³-hybridized carbons (Fsp3) is 0.214. The Bertz CT molecular complexity index is 619. The highest BCUT2D eigenvalue weighted by atomic mass is 16.5. The minimum Gasteiger partial charge on any atom is -0.462 e. The van der Waals surface area contributed by atoms with Crippen LogP contribution in [0.2, 0.25) is 0 Å². The third-order valence-electron chi connectivity index (χ3n) is 2.61. The number of rotatable bonds is 4. The van der Waals surface area contributed by atoms with Crippen LogP contribution in [0, 0.1) is 6.92 Å². The topological polar surface area (TPSA) is 81.4 Å². The van der Waals surface area contributed by atoms with Crippen molar-refractivity contribution < 1.29 is 18.8 Å². The number of aromatic nitrogens is 1. The summed E-state index contributed by atoms with van der Waals surface area (Å²) in [6.45, 7) is 3.53. The molecule has 0 aliphatic heterocycles. The molecule has 1 amide bonds. The van der Waals surface area contributed by atoms with Crippen molar-refractivity contribution in [3.05, 3.63) is 47.2 Å². The van der Waals surface area contributed by atoms with Crippen LogP contribution in [0.5, 0.6) is 0 Å². The molecule has 0 atom stereocenters. The number of hydrogen-bond acceptors (Lipinski definition) is 5. The number of anilines is 1. The van der Waals surface area contributed by atoms with Crippen molar-refractivity contribution in [1.82, 2.24) is 5.16 Å². The molecule has 0 fully saturated rings. The van der Waals surface area contributed by atoms with Gasteiger partial charge in [-0.2, -0.15) is 0 Å². The van der Waals surface area contributed by atoms with Crippen LogP contribution in [-0.4, -0.2) is 23.6 Å². The number of carbonyl (C=O) groups excluding carboxylic acids is 2. The van der Waals surface area contributed by atoms with Gasteiger partial charge in [0, 0.05) is 5.56 Å². The first-order valence-corrected chi connectivity index (χ1v) is 6.13. The Morgan fingerprint density at radius 1 is 1.30 bits per heavy atom. The molecular weight excluding hydrogens is 260 g/mol. The van der Waals surface area contributed by atoms with Crippen LogP contribution in [0.15, 0.2) is 34.9 Å². The summed E-state index contributed by atoms with van der Waals surface area (Å²) in [4.78, 5) is 23.8. The number of nitrogens with one attached hydrogen (secondary N) is 1. The number of ether oxygens (including phenoxy) is 1. The SMILES string of the molecule is CCOC(=O)c1c(C)noc1NC(=O)c1ccccc1. The van der Waals surface area contributed by atoms with E-state index in [-0.39, 0.29) is 24.0 Å². The fourth-order valence-electron chi connectivity index (χ4n) is 1.66. The van der Waals surface area contributed by atoms with Gasteiger partial charge in [0.2, 0.25) is 5.88 Å². The Morgan fingerprint density at radius 2 is 2.00 bits per heavy atom. The highest BCUT2D eigenvalue weighted by Crippen LogP contribution is 2.21. The molecule has 1 heterocycles. The molecule has 0 bridgehead atoms. The maximum absolute atomic E-state index is 12.0. The summed E-state index contributed by atoms with van der Waals surface area (Å²) in [6.07, 6.45) is 0. The number of aryl methyl sites for hydroxylation is 1. The van der Waals surface area contributed by atoms with E-state index in [2.05, 4.69) is 10.5 Å². The average Bonchev–Trinajstić information content (AvgIpc) is 2.81. The number of hydrogen-bond donors (Lipinski definition) is 1. The molecule has 2 rings (SSSR count). The molecule has 0 saturated heterocycles. The molecule has 0 aliphatic carbocycles. The van der Waals surface area contributed by atoms with Crippen LogP contribution in [0.3, 0.4) is 0 Å². The fourth-order valence-corrected chi connectivity index (χ4v) is 1.66. The molecule has 1 N–H and O–H groups in total. The van der Waals surface area contributed by atoms with Gasteiger partial charge < -0.3 is 9.26 Å². The highest BCUT2D eigenvalue weighted by Gasteiger charge is 2.23. The van der Waals surface area contributed by atoms with Gasteiger partial charge in [-0.3, -0.25) is 10.1 Å². The standard InChI is InChI=1S/C14H14N2O4/c1-3-19-14(18)11-9(2)16-20-13(11)15-12(17)10-7-5-4-6-8-10/h4-8H,3H2,1-2H3,(H,15,17). The summed E-state index contributed by atoms with van der Waals surface area (Å²) in [5, 5.41) is 6.19. The highest BCUT2D eigenvalue weighted by molar-refractivity contribution is 6.07. The number of amides is 1. The van der Waals surface area contributed by atoms with Gasteiger partial charge in [-0.05, 0) is 26.0 Å². The van der Waals surface area contributed by atoms with Crippen LogP contribution >= 0.6 is 0 Å². The number of esters is 1. The summed E-state index contributed by atoms with van der Waals surface area (Å²) in [5.74, 6) is -0.961. The van der Waals surface area contributed by atoms with Gasteiger partial charge in [0.25, 0.3) is 5.91 Å². The Hall–Kier alpha value is -2.63. The normalized spacial score (nSPS) is 10.1. The van der Waals surface area contributed by atoms with Crippen molar-refractivity contribution in [2.75, 3.05) is 11.9 Å². The Balaban J connectivity index is 2.22. The average molecular weight is 274 g/mol. The molecule has 2 aromatic rings. The van der Waals surface area contributed by atoms with Gasteiger partial charge in [0.15, 0.2) is 0 Å². The van der Waals surface area contributed by atoms with Crippen LogP contribution in [0.25, 0.3) is 0 Å². The summed E-state index contributed by atoms with van der Waals surface area (Å²) in [5.41, 5.74) is 0.958. The third kappa shape index (κ3) is 2.85. The van der Waals surface area contributed by atoms with E-state index in [1.165, 1.54) is 0 Å². The number of benzene rings is 1. The zero-order valence-electron chi connectivity index (χ0n) is 11.2. The molecule has 0 spiro atoms. The second-order valence-corrected chi connectivity index (χ2v) is 4.01. The monoisotopic (exact) mass is 274 g/mol. The minimum absolute atomic E-state index is 0.00481. The van der Waals surface area contributed by atoms with Gasteiger partial charge >= 0.3 is 5.97 Å². The first kappa shape index (κ1) is 13.8. The molecule has 0 saturated carbocycles. The number of carbonyl (C=O) groups is 2. The summed E-state index contributed by atoms with van der Waals surface area (Å²) >= 11 is 0. The van der Waals surface area contributed by atoms with E-state index in [0.717, 1.165) is 0 Å². The van der Waals surface area contributed by atoms with E-state index < -0.39 is 5.97 Å². The molecular formula is C14H14N2O4. The predicted octanol–water partition coefficient (Wildman–Crippen LogP) is 2.41. The predicted molar refractivity (Wildman–Crippen MR) is 71.6 cm³/mol. The molecule has 20 heavy (non-hydrogen) atoms. The smallest absolute Gasteiger partial charge is 0.345 e. The zero-order chi connectivity index (χ0) is 14.5. The van der Waals surface area contributed by atoms with Crippen molar-refractivity contribution >= 4 is 17.8 Å². The van der Waals surface area contributed by atoms with E-state index >= 15 is 0 Å². The minimum atomic E-state index is -0.574. The Morgan fingerprint density at radius 3 is 2.65 bits per heavy atom. The number of nitrogens with zero attached hydrogens (tertiary/aromatic N) is 1. The van der Waals surface area contributed by atoms with Gasteiger partial charge in [-0.1, -0.05) is 23.4 Å². The first-order valence-electron chi connectivity index (χ1n) is 6.13. The quantitative estimate of drug-likeness (QED) is 0.866. The molecule has 1 aromatic heterocycles. The van der Waals surface area contributed by atoms with Crippen molar-refractivity contribution in [3.8, 4) is 0 Å². The van der Waals surface area contributed by atoms with E-state index in [9.17, 15) is 9.59 Å². The van der Waals surface area contributed by atoms with Crippen LogP contribution in [0.4, 0.5) is 5.88 Å². The van der Waals surface area contributed by atoms with Gasteiger partial charge in [0.1, 0.15) is 5.56 Å².